The SMILES string of the molecule is CNC(=O)c1nc(SCC2=C(C(=O)O)N3C(=O)C(NC(=O)C(N)C4=CCC=CC4)[C@@H]3SC2)n[nH]1. The summed E-state index contributed by atoms with van der Waals surface area (Å²) < 4.78 is 0. The number of aliphatic carboxylic acids is 1. The summed E-state index contributed by atoms with van der Waals surface area (Å²) in [5.41, 5.74) is 7.28. The highest BCUT2D eigenvalue weighted by atomic mass is 32.2. The Balaban J connectivity index is 1.42. The van der Waals surface area contributed by atoms with Crippen molar-refractivity contribution in [2.75, 3.05) is 18.6 Å². The first-order valence-electron chi connectivity index (χ1n) is 10.4. The van der Waals surface area contributed by atoms with E-state index in [9.17, 15) is 24.3 Å². The van der Waals surface area contributed by atoms with E-state index < -0.39 is 41.1 Å². The first kappa shape index (κ1) is 24.0. The summed E-state index contributed by atoms with van der Waals surface area (Å²) in [5, 5.41) is 21.1. The van der Waals surface area contributed by atoms with Crippen molar-refractivity contribution in [2.45, 2.75) is 35.5 Å². The van der Waals surface area contributed by atoms with Crippen molar-refractivity contribution in [3.63, 3.8) is 0 Å². The molecule has 3 aliphatic rings. The third kappa shape index (κ3) is 4.60. The smallest absolute Gasteiger partial charge is 0.352 e. The molecule has 3 atom stereocenters. The van der Waals surface area contributed by atoms with Crippen molar-refractivity contribution in [1.82, 2.24) is 30.7 Å². The number of rotatable bonds is 8. The first-order valence-corrected chi connectivity index (χ1v) is 12.4. The highest BCUT2D eigenvalue weighted by molar-refractivity contribution is 8.01. The molecular weight excluding hydrogens is 482 g/mol. The zero-order valence-electron chi connectivity index (χ0n) is 18.1. The van der Waals surface area contributed by atoms with Gasteiger partial charge in [0, 0.05) is 18.6 Å². The van der Waals surface area contributed by atoms with Crippen molar-refractivity contribution in [1.29, 1.82) is 0 Å². The van der Waals surface area contributed by atoms with Crippen LogP contribution >= 0.6 is 23.5 Å². The van der Waals surface area contributed by atoms with E-state index >= 15 is 0 Å². The second-order valence-electron chi connectivity index (χ2n) is 7.66. The molecule has 14 heteroatoms. The number of allylic oxidation sites excluding steroid dienone is 3. The fourth-order valence-electron chi connectivity index (χ4n) is 3.76. The van der Waals surface area contributed by atoms with Gasteiger partial charge < -0.3 is 21.5 Å². The number of carboxylic acid groups (broad SMARTS) is 1. The summed E-state index contributed by atoms with van der Waals surface area (Å²) >= 11 is 2.52. The number of amides is 3. The molecule has 2 unspecified atom stereocenters. The Bertz CT molecular complexity index is 1130. The summed E-state index contributed by atoms with van der Waals surface area (Å²) in [4.78, 5) is 54.3. The lowest BCUT2D eigenvalue weighted by atomic mass is 9.97. The maximum absolute atomic E-state index is 12.8. The molecule has 3 amide bonds. The van der Waals surface area contributed by atoms with Crippen LogP contribution < -0.4 is 16.4 Å². The molecule has 180 valence electrons. The Morgan fingerprint density at radius 3 is 2.88 bits per heavy atom. The van der Waals surface area contributed by atoms with Gasteiger partial charge in [0.25, 0.3) is 11.8 Å². The van der Waals surface area contributed by atoms with Crippen molar-refractivity contribution in [2.24, 2.45) is 5.73 Å². The molecule has 12 nitrogen and oxygen atoms in total. The molecule has 0 spiro atoms. The molecule has 0 saturated carbocycles. The average Bonchev–Trinajstić information content (AvgIpc) is 3.33. The van der Waals surface area contributed by atoms with E-state index in [1.807, 2.05) is 18.2 Å². The van der Waals surface area contributed by atoms with E-state index in [0.29, 0.717) is 24.2 Å². The van der Waals surface area contributed by atoms with Crippen molar-refractivity contribution in [3.8, 4) is 0 Å². The molecule has 1 aromatic heterocycles. The van der Waals surface area contributed by atoms with E-state index in [1.165, 1.54) is 23.7 Å². The van der Waals surface area contributed by atoms with Crippen LogP contribution in [0.4, 0.5) is 0 Å². The molecule has 0 aromatic carbocycles. The average molecular weight is 506 g/mol. The van der Waals surface area contributed by atoms with Crippen molar-refractivity contribution >= 4 is 47.2 Å². The normalized spacial score (nSPS) is 22.5. The molecule has 6 N–H and O–H groups in total. The van der Waals surface area contributed by atoms with Crippen LogP contribution in [-0.2, 0) is 14.4 Å². The first-order chi connectivity index (χ1) is 16.3. The Morgan fingerprint density at radius 1 is 1.41 bits per heavy atom. The summed E-state index contributed by atoms with van der Waals surface area (Å²) in [6, 6.07) is -1.70. The summed E-state index contributed by atoms with van der Waals surface area (Å²) in [5.74, 6) is -1.98. The van der Waals surface area contributed by atoms with E-state index in [0.717, 1.165) is 17.3 Å². The van der Waals surface area contributed by atoms with E-state index in [1.54, 1.807) is 0 Å². The van der Waals surface area contributed by atoms with E-state index in [-0.39, 0.29) is 22.4 Å². The minimum atomic E-state index is -1.23. The van der Waals surface area contributed by atoms with Gasteiger partial charge in [0.15, 0.2) is 0 Å². The van der Waals surface area contributed by atoms with Gasteiger partial charge in [-0.3, -0.25) is 24.4 Å². The predicted octanol–water partition coefficient (Wildman–Crippen LogP) is -0.401. The lowest BCUT2D eigenvalue weighted by Crippen LogP contribution is -2.71. The van der Waals surface area contributed by atoms with Gasteiger partial charge in [0.1, 0.15) is 23.2 Å². The van der Waals surface area contributed by atoms with Crippen LogP contribution in [0.3, 0.4) is 0 Å². The Kier molecular flexibility index (Phi) is 7.09. The minimum absolute atomic E-state index is 0.0465. The number of carbonyl (C=O) groups excluding carboxylic acids is 3. The number of nitrogens with zero attached hydrogens (tertiary/aromatic N) is 3. The van der Waals surface area contributed by atoms with Gasteiger partial charge in [-0.1, -0.05) is 30.0 Å². The number of carboxylic acids is 1. The molecule has 1 saturated heterocycles. The highest BCUT2D eigenvalue weighted by Crippen LogP contribution is 2.41. The van der Waals surface area contributed by atoms with Crippen LogP contribution in [0.15, 0.2) is 40.2 Å². The number of aromatic nitrogens is 3. The molecule has 4 rings (SSSR count). The largest absolute Gasteiger partial charge is 0.477 e. The van der Waals surface area contributed by atoms with E-state index in [4.69, 9.17) is 5.73 Å². The quantitative estimate of drug-likeness (QED) is 0.177. The lowest BCUT2D eigenvalue weighted by Gasteiger charge is -2.49. The fraction of sp³-hybridized carbons (Fsp3) is 0.400. The lowest BCUT2D eigenvalue weighted by molar-refractivity contribution is -0.150. The molecular formula is C20H23N7O5S2. The van der Waals surface area contributed by atoms with E-state index in [2.05, 4.69) is 25.8 Å². The van der Waals surface area contributed by atoms with Gasteiger partial charge in [-0.25, -0.2) is 4.79 Å². The van der Waals surface area contributed by atoms with Gasteiger partial charge in [0.05, 0.1) is 0 Å². The zero-order chi connectivity index (χ0) is 24.4. The monoisotopic (exact) mass is 505 g/mol. The minimum Gasteiger partial charge on any atom is -0.477 e. The number of aromatic amines is 1. The molecule has 1 fully saturated rings. The number of hydrogen-bond donors (Lipinski definition) is 5. The summed E-state index contributed by atoms with van der Waals surface area (Å²) in [7, 11) is 1.47. The molecule has 1 aromatic rings. The Morgan fingerprint density at radius 2 is 2.21 bits per heavy atom. The van der Waals surface area contributed by atoms with Gasteiger partial charge >= 0.3 is 5.97 Å². The van der Waals surface area contributed by atoms with Gasteiger partial charge in [0.2, 0.25) is 16.9 Å². The van der Waals surface area contributed by atoms with Crippen molar-refractivity contribution < 1.29 is 24.3 Å². The second kappa shape index (κ2) is 10.0. The van der Waals surface area contributed by atoms with Crippen LogP contribution in [0.1, 0.15) is 23.5 Å². The van der Waals surface area contributed by atoms with Crippen LogP contribution in [-0.4, -0.2) is 84.9 Å². The number of fused-ring (bicyclic) bond motifs is 1. The van der Waals surface area contributed by atoms with Crippen LogP contribution in [0.5, 0.6) is 0 Å². The molecule has 3 heterocycles. The number of carbonyl (C=O) groups is 4. The van der Waals surface area contributed by atoms with Crippen LogP contribution in [0.2, 0.25) is 0 Å². The van der Waals surface area contributed by atoms with Gasteiger partial charge in [-0.05, 0) is 24.0 Å². The number of H-pyrrole nitrogens is 1. The number of hydrogen-bond acceptors (Lipinski definition) is 9. The maximum atomic E-state index is 12.8. The molecule has 34 heavy (non-hydrogen) atoms. The zero-order valence-corrected chi connectivity index (χ0v) is 19.7. The third-order valence-corrected chi connectivity index (χ3v) is 7.82. The number of nitrogens with two attached hydrogens (primary N) is 1. The number of thioether (sulfide) groups is 2. The predicted molar refractivity (Wildman–Crippen MR) is 125 cm³/mol. The van der Waals surface area contributed by atoms with Crippen molar-refractivity contribution in [3.05, 3.63) is 40.9 Å². The molecule has 1 aliphatic carbocycles. The topological polar surface area (TPSA) is 183 Å². The van der Waals surface area contributed by atoms with Gasteiger partial charge in [-0.15, -0.1) is 16.9 Å². The summed E-state index contributed by atoms with van der Waals surface area (Å²) in [6.45, 7) is 0. The highest BCUT2D eigenvalue weighted by Gasteiger charge is 2.54. The standard InChI is InChI=1S/C20H23N7O5S2/c1-22-16(29)14-24-20(26-25-14)34-8-10-7-33-18-12(17(30)27(18)13(10)19(31)32)23-15(28)11(21)9-5-3-2-4-6-9/h2-3,6,11-12,18H,4-5,7-8,21H2,1H3,(H,22,29)(H,23,28)(H,31,32)(H,24,25,26)/t11?,12?,18-/m0/s1. The summed E-state index contributed by atoms with van der Waals surface area (Å²) in [6.07, 6.45) is 7.12. The molecule has 0 bridgehead atoms. The number of β-lactam (4-membered cyclic amide) rings is 1. The third-order valence-electron chi connectivity index (χ3n) is 5.55. The van der Waals surface area contributed by atoms with Crippen LogP contribution in [0.25, 0.3) is 0 Å². The van der Waals surface area contributed by atoms with Crippen LogP contribution in [0, 0.1) is 0 Å². The van der Waals surface area contributed by atoms with Gasteiger partial charge in [-0.2, -0.15) is 4.98 Å². The molecule has 0 radical (unpaired) electrons. The fourth-order valence-corrected chi connectivity index (χ4v) is 6.04. The Labute approximate surface area is 202 Å². The molecule has 2 aliphatic heterocycles. The Hall–Kier alpha value is -3.10. The number of nitrogens with one attached hydrogen (secondary N) is 3. The maximum Gasteiger partial charge on any atom is 0.352 e. The second-order valence-corrected chi connectivity index (χ2v) is 9.70.